The van der Waals surface area contributed by atoms with E-state index < -0.39 is 6.16 Å². The van der Waals surface area contributed by atoms with Crippen molar-refractivity contribution in [3.63, 3.8) is 0 Å². The molecule has 1 aliphatic heterocycles. The van der Waals surface area contributed by atoms with E-state index in [4.69, 9.17) is 42.6 Å². The number of thiophene rings is 1. The topological polar surface area (TPSA) is 76.6 Å². The van der Waals surface area contributed by atoms with Crippen LogP contribution in [0.15, 0.2) is 24.3 Å². The number of aryl methyl sites for hydroxylation is 1. The molecule has 0 amide bonds. The summed E-state index contributed by atoms with van der Waals surface area (Å²) in [4.78, 5) is 25.4. The van der Waals surface area contributed by atoms with Gasteiger partial charge in [0.05, 0.1) is 22.0 Å². The lowest BCUT2D eigenvalue weighted by molar-refractivity contribution is 0.0183. The summed E-state index contributed by atoms with van der Waals surface area (Å²) in [5.74, 6) is 1.45. The molecule has 0 atom stereocenters. The van der Waals surface area contributed by atoms with Crippen molar-refractivity contribution in [2.24, 2.45) is 0 Å². The van der Waals surface area contributed by atoms with Crippen LogP contribution in [0.1, 0.15) is 30.2 Å². The van der Waals surface area contributed by atoms with Crippen molar-refractivity contribution in [1.29, 1.82) is 0 Å². The Labute approximate surface area is 200 Å². The van der Waals surface area contributed by atoms with Gasteiger partial charge in [-0.3, -0.25) is 0 Å². The highest BCUT2D eigenvalue weighted by Crippen LogP contribution is 2.32. The van der Waals surface area contributed by atoms with Gasteiger partial charge in [-0.2, -0.15) is 4.98 Å². The van der Waals surface area contributed by atoms with Gasteiger partial charge in [0.25, 0.3) is 0 Å². The average Bonchev–Trinajstić information content (AvgIpc) is 3.15. The third-order valence-electron chi connectivity index (χ3n) is 5.20. The normalized spacial score (nSPS) is 14.6. The number of nitrogens with one attached hydrogen (secondary N) is 1. The number of piperidine rings is 1. The van der Waals surface area contributed by atoms with Gasteiger partial charge in [0.15, 0.2) is 0 Å². The summed E-state index contributed by atoms with van der Waals surface area (Å²) in [7, 11) is 0. The molecule has 4 rings (SSSR count). The fourth-order valence-electron chi connectivity index (χ4n) is 3.60. The van der Waals surface area contributed by atoms with E-state index in [9.17, 15) is 4.79 Å². The van der Waals surface area contributed by atoms with Gasteiger partial charge < -0.3 is 19.7 Å². The van der Waals surface area contributed by atoms with E-state index in [0.717, 1.165) is 21.6 Å². The Balaban J connectivity index is 1.49. The van der Waals surface area contributed by atoms with Crippen LogP contribution in [-0.2, 0) is 16.0 Å². The standard InChI is InChI=1S/C22H24Cl2N4O3S/c1-3-30-22(29)31-15-6-8-28(9-7-15)21-26-19(16-10-13(2)32-20(16)27-21)25-12-14-4-5-17(23)18(24)11-14/h4-5,10-11,15H,3,6-9,12H2,1-2H3,(H,25,26,27). The summed E-state index contributed by atoms with van der Waals surface area (Å²) in [5.41, 5.74) is 1.01. The molecule has 3 heterocycles. The first-order valence-corrected chi connectivity index (χ1v) is 12.0. The van der Waals surface area contributed by atoms with Crippen molar-refractivity contribution >= 4 is 62.7 Å². The molecule has 0 unspecified atom stereocenters. The number of fused-ring (bicyclic) bond motifs is 1. The molecule has 3 aromatic rings. The molecule has 0 radical (unpaired) electrons. The second-order valence-electron chi connectivity index (χ2n) is 7.54. The fourth-order valence-corrected chi connectivity index (χ4v) is 4.80. The average molecular weight is 495 g/mol. The second-order valence-corrected chi connectivity index (χ2v) is 9.59. The molecule has 0 spiro atoms. The van der Waals surface area contributed by atoms with E-state index in [1.807, 2.05) is 12.1 Å². The number of nitrogens with zero attached hydrogens (tertiary/aromatic N) is 3. The molecule has 0 aliphatic carbocycles. The number of ether oxygens (including phenoxy) is 2. The van der Waals surface area contributed by atoms with Crippen molar-refractivity contribution in [1.82, 2.24) is 9.97 Å². The van der Waals surface area contributed by atoms with Crippen LogP contribution in [0.4, 0.5) is 16.6 Å². The van der Waals surface area contributed by atoms with E-state index in [0.29, 0.717) is 55.1 Å². The van der Waals surface area contributed by atoms with Crippen LogP contribution in [-0.4, -0.2) is 41.9 Å². The zero-order chi connectivity index (χ0) is 22.7. The summed E-state index contributed by atoms with van der Waals surface area (Å²) >= 11 is 13.8. The fraction of sp³-hybridized carbons (Fsp3) is 0.409. The van der Waals surface area contributed by atoms with Crippen molar-refractivity contribution in [2.45, 2.75) is 39.3 Å². The van der Waals surface area contributed by atoms with Gasteiger partial charge >= 0.3 is 6.16 Å². The van der Waals surface area contributed by atoms with Crippen molar-refractivity contribution in [3.8, 4) is 0 Å². The maximum atomic E-state index is 11.6. The van der Waals surface area contributed by atoms with Crippen LogP contribution in [0.25, 0.3) is 10.2 Å². The number of aromatic nitrogens is 2. The van der Waals surface area contributed by atoms with E-state index >= 15 is 0 Å². The third kappa shape index (κ3) is 5.36. The molecule has 1 fully saturated rings. The summed E-state index contributed by atoms with van der Waals surface area (Å²) in [6.45, 7) is 6.10. The SMILES string of the molecule is CCOC(=O)OC1CCN(c2nc(NCc3ccc(Cl)c(Cl)c3)c3cc(C)sc3n2)CC1. The molecule has 0 saturated carbocycles. The highest BCUT2D eigenvalue weighted by Gasteiger charge is 2.25. The molecular formula is C22H24Cl2N4O3S. The Kier molecular flexibility index (Phi) is 7.23. The molecule has 32 heavy (non-hydrogen) atoms. The first-order chi connectivity index (χ1) is 15.4. The minimum Gasteiger partial charge on any atom is -0.435 e. The minimum absolute atomic E-state index is 0.148. The van der Waals surface area contributed by atoms with E-state index in [-0.39, 0.29) is 6.10 Å². The molecule has 170 valence electrons. The first-order valence-electron chi connectivity index (χ1n) is 10.5. The number of rotatable bonds is 6. The summed E-state index contributed by atoms with van der Waals surface area (Å²) < 4.78 is 10.2. The van der Waals surface area contributed by atoms with Crippen molar-refractivity contribution < 1.29 is 14.3 Å². The van der Waals surface area contributed by atoms with Gasteiger partial charge in [0.1, 0.15) is 16.8 Å². The zero-order valence-corrected chi connectivity index (χ0v) is 20.2. The Morgan fingerprint density at radius 1 is 1.22 bits per heavy atom. The molecule has 10 heteroatoms. The molecule has 1 aromatic carbocycles. The number of benzene rings is 1. The Morgan fingerprint density at radius 3 is 2.72 bits per heavy atom. The minimum atomic E-state index is -0.605. The predicted molar refractivity (Wildman–Crippen MR) is 129 cm³/mol. The van der Waals surface area contributed by atoms with Gasteiger partial charge in [0.2, 0.25) is 5.95 Å². The Hall–Kier alpha value is -2.29. The van der Waals surface area contributed by atoms with Gasteiger partial charge in [-0.1, -0.05) is 29.3 Å². The zero-order valence-electron chi connectivity index (χ0n) is 17.9. The predicted octanol–water partition coefficient (Wildman–Crippen LogP) is 6.06. The van der Waals surface area contributed by atoms with Crippen molar-refractivity contribution in [3.05, 3.63) is 44.8 Å². The van der Waals surface area contributed by atoms with Gasteiger partial charge in [-0.05, 0) is 37.6 Å². The second kappa shape index (κ2) is 10.1. The molecule has 2 aromatic heterocycles. The largest absolute Gasteiger partial charge is 0.508 e. The summed E-state index contributed by atoms with van der Waals surface area (Å²) in [6, 6.07) is 7.68. The van der Waals surface area contributed by atoms with Gasteiger partial charge in [0, 0.05) is 37.4 Å². The number of hydrogen-bond acceptors (Lipinski definition) is 8. The highest BCUT2D eigenvalue weighted by atomic mass is 35.5. The lowest BCUT2D eigenvalue weighted by atomic mass is 10.1. The monoisotopic (exact) mass is 494 g/mol. The molecule has 7 nitrogen and oxygen atoms in total. The first kappa shape index (κ1) is 22.9. The van der Waals surface area contributed by atoms with Crippen LogP contribution >= 0.6 is 34.5 Å². The lowest BCUT2D eigenvalue weighted by Gasteiger charge is -2.31. The molecule has 1 N–H and O–H groups in total. The summed E-state index contributed by atoms with van der Waals surface area (Å²) in [5, 5.41) is 5.49. The quantitative estimate of drug-likeness (QED) is 0.417. The molecular weight excluding hydrogens is 471 g/mol. The van der Waals surface area contributed by atoms with Crippen LogP contribution < -0.4 is 10.2 Å². The number of carbonyl (C=O) groups is 1. The number of anilines is 2. The highest BCUT2D eigenvalue weighted by molar-refractivity contribution is 7.18. The van der Waals surface area contributed by atoms with Crippen LogP contribution in [0.3, 0.4) is 0 Å². The van der Waals surface area contributed by atoms with Crippen LogP contribution in [0.2, 0.25) is 10.0 Å². The summed E-state index contributed by atoms with van der Waals surface area (Å²) in [6.07, 6.45) is 0.655. The molecule has 1 aliphatic rings. The third-order valence-corrected chi connectivity index (χ3v) is 6.88. The molecule has 0 bridgehead atoms. The van der Waals surface area contributed by atoms with E-state index in [1.54, 1.807) is 24.3 Å². The number of halogens is 2. The van der Waals surface area contributed by atoms with Crippen molar-refractivity contribution in [2.75, 3.05) is 29.9 Å². The smallest absolute Gasteiger partial charge is 0.435 e. The maximum Gasteiger partial charge on any atom is 0.508 e. The number of hydrogen-bond donors (Lipinski definition) is 1. The Bertz CT molecular complexity index is 1120. The van der Waals surface area contributed by atoms with E-state index in [2.05, 4.69) is 23.2 Å². The lowest BCUT2D eigenvalue weighted by Crippen LogP contribution is -2.39. The molecule has 1 saturated heterocycles. The maximum absolute atomic E-state index is 11.6. The van der Waals surface area contributed by atoms with E-state index in [1.165, 1.54) is 4.88 Å². The Morgan fingerprint density at radius 2 is 2.00 bits per heavy atom. The van der Waals surface area contributed by atoms with Gasteiger partial charge in [-0.15, -0.1) is 11.3 Å². The van der Waals surface area contributed by atoms with Crippen LogP contribution in [0.5, 0.6) is 0 Å². The number of carbonyl (C=O) groups excluding carboxylic acids is 1. The van der Waals surface area contributed by atoms with Gasteiger partial charge in [-0.25, -0.2) is 9.78 Å². The van der Waals surface area contributed by atoms with Crippen LogP contribution in [0, 0.1) is 6.92 Å².